The van der Waals surface area contributed by atoms with Crippen LogP contribution in [0, 0.1) is 5.92 Å². The molecule has 2 N–H and O–H groups in total. The maximum absolute atomic E-state index is 12.2. The number of piperidine rings is 1. The van der Waals surface area contributed by atoms with E-state index in [9.17, 15) is 4.79 Å². The van der Waals surface area contributed by atoms with Crippen LogP contribution >= 0.6 is 24.0 Å². The van der Waals surface area contributed by atoms with Crippen LogP contribution in [0.5, 0.6) is 0 Å². The fraction of sp³-hybridized carbons (Fsp3) is 0.909. The van der Waals surface area contributed by atoms with Crippen LogP contribution < -0.4 is 10.6 Å². The third kappa shape index (κ3) is 10.6. The molecule has 0 aromatic rings. The molecule has 2 fully saturated rings. The Morgan fingerprint density at radius 1 is 1.23 bits per heavy atom. The highest BCUT2D eigenvalue weighted by atomic mass is 127. The van der Waals surface area contributed by atoms with Gasteiger partial charge in [-0.25, -0.2) is 4.79 Å². The highest BCUT2D eigenvalue weighted by molar-refractivity contribution is 14.0. The van der Waals surface area contributed by atoms with Gasteiger partial charge in [0.1, 0.15) is 5.60 Å². The number of ether oxygens (including phenoxy) is 3. The molecule has 0 aromatic carbocycles. The molecule has 0 spiro atoms. The van der Waals surface area contributed by atoms with E-state index in [1.165, 1.54) is 0 Å². The van der Waals surface area contributed by atoms with Crippen molar-refractivity contribution in [1.82, 2.24) is 15.5 Å². The molecule has 31 heavy (non-hydrogen) atoms. The Balaban J connectivity index is 0.00000480. The quantitative estimate of drug-likeness (QED) is 0.285. The number of nitrogens with one attached hydrogen (secondary N) is 2. The van der Waals surface area contributed by atoms with E-state index < -0.39 is 5.60 Å². The summed E-state index contributed by atoms with van der Waals surface area (Å²) in [7, 11) is 1.80. The molecule has 2 aliphatic heterocycles. The van der Waals surface area contributed by atoms with Gasteiger partial charge in [0.15, 0.2) is 5.96 Å². The number of carbonyl (C=O) groups is 1. The highest BCUT2D eigenvalue weighted by Crippen LogP contribution is 2.18. The summed E-state index contributed by atoms with van der Waals surface area (Å²) in [5.74, 6) is 1.13. The average Bonchev–Trinajstić information content (AvgIpc) is 3.18. The molecule has 8 nitrogen and oxygen atoms in total. The first-order valence-corrected chi connectivity index (χ1v) is 11.4. The van der Waals surface area contributed by atoms with Gasteiger partial charge < -0.3 is 29.7 Å². The minimum atomic E-state index is -0.509. The molecule has 0 aromatic heterocycles. The Morgan fingerprint density at radius 2 is 1.90 bits per heavy atom. The molecule has 2 saturated heterocycles. The lowest BCUT2D eigenvalue weighted by atomic mass is 10.0. The third-order valence-electron chi connectivity index (χ3n) is 5.48. The Kier molecular flexibility index (Phi) is 12.4. The predicted octanol–water partition coefficient (Wildman–Crippen LogP) is 3.39. The van der Waals surface area contributed by atoms with Crippen molar-refractivity contribution < 1.29 is 19.0 Å². The van der Waals surface area contributed by atoms with E-state index >= 15 is 0 Å². The maximum atomic E-state index is 12.2. The summed E-state index contributed by atoms with van der Waals surface area (Å²) in [5.41, 5.74) is -0.509. The van der Waals surface area contributed by atoms with Gasteiger partial charge in [-0.05, 0) is 52.4 Å². The summed E-state index contributed by atoms with van der Waals surface area (Å²) in [6.45, 7) is 13.8. The standard InChI is InChI=1S/C22H42N4O4.HI/c1-16(2)19(25-21(27)30-22(3,4)5)14-24-20(23-6)26-11-9-17(10-12-26)29-15-18-8-7-13-28-18;/h16-19H,7-15H2,1-6H3,(H,23,24)(H,25,27);1H. The fourth-order valence-electron chi connectivity index (χ4n) is 3.70. The van der Waals surface area contributed by atoms with Crippen molar-refractivity contribution in [2.45, 2.75) is 84.2 Å². The van der Waals surface area contributed by atoms with Crippen LogP contribution in [0.15, 0.2) is 4.99 Å². The van der Waals surface area contributed by atoms with Gasteiger partial charge in [0.25, 0.3) is 0 Å². The molecule has 0 aliphatic carbocycles. The molecule has 1 amide bonds. The number of hydrogen-bond acceptors (Lipinski definition) is 5. The van der Waals surface area contributed by atoms with Crippen LogP contribution in [0.4, 0.5) is 4.79 Å². The van der Waals surface area contributed by atoms with E-state index in [0.717, 1.165) is 51.3 Å². The molecule has 182 valence electrons. The Hall–Kier alpha value is -0.810. The first-order valence-electron chi connectivity index (χ1n) is 11.4. The van der Waals surface area contributed by atoms with E-state index in [1.54, 1.807) is 7.05 Å². The summed E-state index contributed by atoms with van der Waals surface area (Å²) < 4.78 is 17.1. The summed E-state index contributed by atoms with van der Waals surface area (Å²) in [6, 6.07) is -0.0520. The molecule has 2 atom stereocenters. The normalized spacial score (nSPS) is 21.6. The molecule has 2 heterocycles. The zero-order valence-electron chi connectivity index (χ0n) is 20.1. The SMILES string of the molecule is CN=C(NCC(NC(=O)OC(C)(C)C)C(C)C)N1CCC(OCC2CCCO2)CC1.I. The zero-order chi connectivity index (χ0) is 22.1. The van der Waals surface area contributed by atoms with Crippen LogP contribution in [-0.4, -0.2) is 80.7 Å². The van der Waals surface area contributed by atoms with Crippen LogP contribution in [0.3, 0.4) is 0 Å². The first-order chi connectivity index (χ1) is 14.2. The third-order valence-corrected chi connectivity index (χ3v) is 5.48. The van der Waals surface area contributed by atoms with Gasteiger partial charge in [-0.3, -0.25) is 4.99 Å². The lowest BCUT2D eigenvalue weighted by molar-refractivity contribution is -0.0367. The van der Waals surface area contributed by atoms with E-state index in [2.05, 4.69) is 34.4 Å². The molecule has 2 aliphatic rings. The second-order valence-corrected chi connectivity index (χ2v) is 9.58. The number of guanidine groups is 1. The number of amides is 1. The molecule has 2 rings (SSSR count). The number of nitrogens with zero attached hydrogens (tertiary/aromatic N) is 2. The van der Waals surface area contributed by atoms with Crippen molar-refractivity contribution in [3.63, 3.8) is 0 Å². The number of halogens is 1. The summed E-state index contributed by atoms with van der Waals surface area (Å²) in [4.78, 5) is 18.9. The number of alkyl carbamates (subject to hydrolysis) is 1. The smallest absolute Gasteiger partial charge is 0.407 e. The summed E-state index contributed by atoms with van der Waals surface area (Å²) in [5, 5.41) is 6.40. The van der Waals surface area contributed by atoms with Crippen LogP contribution in [-0.2, 0) is 14.2 Å². The second kappa shape index (κ2) is 13.7. The number of aliphatic imine (C=N–C) groups is 1. The van der Waals surface area contributed by atoms with Gasteiger partial charge in [0.2, 0.25) is 0 Å². The lowest BCUT2D eigenvalue weighted by Gasteiger charge is -2.35. The molecule has 0 bridgehead atoms. The molecule has 2 unspecified atom stereocenters. The van der Waals surface area contributed by atoms with Crippen molar-refractivity contribution in [3.05, 3.63) is 0 Å². The fourth-order valence-corrected chi connectivity index (χ4v) is 3.70. The number of carbonyl (C=O) groups excluding carboxylic acids is 1. The van der Waals surface area contributed by atoms with E-state index in [0.29, 0.717) is 19.3 Å². The Bertz CT molecular complexity index is 554. The Morgan fingerprint density at radius 3 is 2.42 bits per heavy atom. The summed E-state index contributed by atoms with van der Waals surface area (Å²) >= 11 is 0. The minimum absolute atomic E-state index is 0. The van der Waals surface area contributed by atoms with Gasteiger partial charge in [-0.2, -0.15) is 0 Å². The average molecular weight is 555 g/mol. The van der Waals surface area contributed by atoms with Crippen LogP contribution in [0.1, 0.15) is 60.3 Å². The predicted molar refractivity (Wildman–Crippen MR) is 134 cm³/mol. The topological polar surface area (TPSA) is 84.4 Å². The Labute approximate surface area is 205 Å². The van der Waals surface area contributed by atoms with Gasteiger partial charge in [-0.15, -0.1) is 24.0 Å². The highest BCUT2D eigenvalue weighted by Gasteiger charge is 2.26. The van der Waals surface area contributed by atoms with Crippen molar-refractivity contribution in [3.8, 4) is 0 Å². The minimum Gasteiger partial charge on any atom is -0.444 e. The number of rotatable bonds is 7. The van der Waals surface area contributed by atoms with E-state index in [-0.39, 0.29) is 48.1 Å². The largest absolute Gasteiger partial charge is 0.444 e. The molecular weight excluding hydrogens is 511 g/mol. The number of hydrogen-bond donors (Lipinski definition) is 2. The molecule has 0 radical (unpaired) electrons. The van der Waals surface area contributed by atoms with Crippen LogP contribution in [0.2, 0.25) is 0 Å². The first kappa shape index (κ1) is 28.2. The summed E-state index contributed by atoms with van der Waals surface area (Å²) in [6.07, 6.45) is 4.41. The number of likely N-dealkylation sites (tertiary alicyclic amines) is 1. The van der Waals surface area contributed by atoms with Crippen LogP contribution in [0.25, 0.3) is 0 Å². The van der Waals surface area contributed by atoms with E-state index in [4.69, 9.17) is 14.2 Å². The molecule has 9 heteroatoms. The zero-order valence-corrected chi connectivity index (χ0v) is 22.4. The van der Waals surface area contributed by atoms with Gasteiger partial charge in [0, 0.05) is 33.3 Å². The molecular formula is C22H43IN4O4. The van der Waals surface area contributed by atoms with E-state index in [1.807, 2.05) is 20.8 Å². The monoisotopic (exact) mass is 554 g/mol. The lowest BCUT2D eigenvalue weighted by Crippen LogP contribution is -2.52. The van der Waals surface area contributed by atoms with Crippen molar-refractivity contribution in [2.24, 2.45) is 10.9 Å². The van der Waals surface area contributed by atoms with Gasteiger partial charge in [-0.1, -0.05) is 13.8 Å². The van der Waals surface area contributed by atoms with Crippen molar-refractivity contribution in [2.75, 3.05) is 39.9 Å². The van der Waals surface area contributed by atoms with Gasteiger partial charge in [0.05, 0.1) is 24.9 Å². The second-order valence-electron chi connectivity index (χ2n) is 9.58. The van der Waals surface area contributed by atoms with Crippen molar-refractivity contribution >= 4 is 36.0 Å². The molecule has 0 saturated carbocycles. The van der Waals surface area contributed by atoms with Gasteiger partial charge >= 0.3 is 6.09 Å². The maximum Gasteiger partial charge on any atom is 0.407 e. The van der Waals surface area contributed by atoms with Crippen molar-refractivity contribution in [1.29, 1.82) is 0 Å².